The Balaban J connectivity index is 2.46. The van der Waals surface area contributed by atoms with E-state index in [0.717, 1.165) is 16.9 Å². The first-order valence-electron chi connectivity index (χ1n) is 6.62. The quantitative estimate of drug-likeness (QED) is 0.892. The topological polar surface area (TPSA) is 15.3 Å². The van der Waals surface area contributed by atoms with Gasteiger partial charge >= 0.3 is 0 Å². The zero-order chi connectivity index (χ0) is 14.5. The Morgan fingerprint density at radius 1 is 1.05 bits per heavy atom. The van der Waals surface area contributed by atoms with Crippen molar-refractivity contribution >= 4 is 11.4 Å². The highest BCUT2D eigenvalue weighted by Crippen LogP contribution is 2.29. The second kappa shape index (κ2) is 6.48. The molecule has 0 fully saturated rings. The molecule has 0 aliphatic carbocycles. The van der Waals surface area contributed by atoms with Gasteiger partial charge in [0, 0.05) is 24.5 Å². The summed E-state index contributed by atoms with van der Waals surface area (Å²) < 4.78 is 26.8. The average molecular weight is 276 g/mol. The van der Waals surface area contributed by atoms with Gasteiger partial charge in [-0.2, -0.15) is 0 Å². The Kier molecular flexibility index (Phi) is 4.69. The fourth-order valence-electron chi connectivity index (χ4n) is 2.29. The number of hydrogen-bond acceptors (Lipinski definition) is 2. The lowest BCUT2D eigenvalue weighted by Gasteiger charge is -2.26. The van der Waals surface area contributed by atoms with Gasteiger partial charge in [0.25, 0.3) is 0 Å². The molecule has 0 aliphatic heterocycles. The summed E-state index contributed by atoms with van der Waals surface area (Å²) in [5, 5.41) is 3.03. The van der Waals surface area contributed by atoms with Crippen LogP contribution in [-0.4, -0.2) is 13.6 Å². The summed E-state index contributed by atoms with van der Waals surface area (Å²) >= 11 is 0. The predicted molar refractivity (Wildman–Crippen MR) is 78.2 cm³/mol. The van der Waals surface area contributed by atoms with Gasteiger partial charge in [0.1, 0.15) is 11.6 Å². The van der Waals surface area contributed by atoms with Crippen LogP contribution in [0.3, 0.4) is 0 Å². The zero-order valence-electron chi connectivity index (χ0n) is 11.7. The predicted octanol–water partition coefficient (Wildman–Crippen LogP) is 3.84. The third kappa shape index (κ3) is 3.14. The number of halogens is 2. The first kappa shape index (κ1) is 14.5. The minimum absolute atomic E-state index is 0.269. The monoisotopic (exact) mass is 276 g/mol. The molecule has 2 rings (SSSR count). The smallest absolute Gasteiger partial charge is 0.125 e. The number of benzene rings is 2. The maximum absolute atomic E-state index is 13.4. The zero-order valence-corrected chi connectivity index (χ0v) is 11.7. The number of nitrogens with one attached hydrogen (secondary N) is 1. The van der Waals surface area contributed by atoms with Crippen LogP contribution < -0.4 is 10.2 Å². The molecule has 2 nitrogen and oxygen atoms in total. The maximum atomic E-state index is 13.4. The van der Waals surface area contributed by atoms with Gasteiger partial charge in [-0.3, -0.25) is 0 Å². The summed E-state index contributed by atoms with van der Waals surface area (Å²) in [5.41, 5.74) is 2.49. The lowest BCUT2D eigenvalue weighted by Crippen LogP contribution is -2.19. The average Bonchev–Trinajstić information content (AvgIpc) is 2.42. The van der Waals surface area contributed by atoms with Gasteiger partial charge in [-0.25, -0.2) is 8.78 Å². The summed E-state index contributed by atoms with van der Waals surface area (Å²) in [7, 11) is 1.81. The summed E-state index contributed by atoms with van der Waals surface area (Å²) in [4.78, 5) is 1.97. The highest BCUT2D eigenvalue weighted by molar-refractivity contribution is 5.66. The summed E-state index contributed by atoms with van der Waals surface area (Å²) in [6.07, 6.45) is 0. The van der Waals surface area contributed by atoms with Crippen molar-refractivity contribution in [1.29, 1.82) is 0 Å². The van der Waals surface area contributed by atoms with Crippen molar-refractivity contribution in [2.75, 3.05) is 18.5 Å². The Morgan fingerprint density at radius 3 is 2.45 bits per heavy atom. The molecule has 0 heterocycles. The highest BCUT2D eigenvalue weighted by Gasteiger charge is 2.13. The SMILES string of the molecule is CCN(c1cccc(F)c1)c1ccc(F)cc1CNC. The molecule has 20 heavy (non-hydrogen) atoms. The molecule has 0 radical (unpaired) electrons. The van der Waals surface area contributed by atoms with Crippen molar-refractivity contribution in [1.82, 2.24) is 5.32 Å². The van der Waals surface area contributed by atoms with E-state index in [-0.39, 0.29) is 11.6 Å². The van der Waals surface area contributed by atoms with Crippen LogP contribution in [0, 0.1) is 11.6 Å². The van der Waals surface area contributed by atoms with Crippen molar-refractivity contribution in [2.45, 2.75) is 13.5 Å². The van der Waals surface area contributed by atoms with E-state index in [9.17, 15) is 8.78 Å². The molecule has 0 atom stereocenters. The number of hydrogen-bond donors (Lipinski definition) is 1. The first-order chi connectivity index (χ1) is 9.65. The van der Waals surface area contributed by atoms with Gasteiger partial charge < -0.3 is 10.2 Å². The molecule has 1 N–H and O–H groups in total. The molecule has 2 aromatic carbocycles. The normalized spacial score (nSPS) is 10.6. The maximum Gasteiger partial charge on any atom is 0.125 e. The Morgan fingerprint density at radius 2 is 1.80 bits per heavy atom. The van der Waals surface area contributed by atoms with Crippen molar-refractivity contribution in [3.8, 4) is 0 Å². The van der Waals surface area contributed by atoms with Crippen LogP contribution in [0.15, 0.2) is 42.5 Å². The molecule has 2 aromatic rings. The molecule has 0 saturated carbocycles. The number of rotatable bonds is 5. The molecular weight excluding hydrogens is 258 g/mol. The lowest BCUT2D eigenvalue weighted by molar-refractivity contribution is 0.623. The summed E-state index contributed by atoms with van der Waals surface area (Å²) in [6.45, 7) is 3.21. The van der Waals surface area contributed by atoms with Crippen LogP contribution in [0.4, 0.5) is 20.2 Å². The summed E-state index contributed by atoms with van der Waals surface area (Å²) in [5.74, 6) is -0.549. The van der Waals surface area contributed by atoms with Crippen LogP contribution in [0.1, 0.15) is 12.5 Å². The molecule has 0 saturated heterocycles. The Hall–Kier alpha value is -1.94. The molecule has 0 spiro atoms. The van der Waals surface area contributed by atoms with Gasteiger partial charge in [-0.15, -0.1) is 0 Å². The van der Waals surface area contributed by atoms with E-state index in [1.54, 1.807) is 12.1 Å². The second-order valence-electron chi connectivity index (χ2n) is 4.53. The summed E-state index contributed by atoms with van der Waals surface area (Å²) in [6, 6.07) is 11.1. The van der Waals surface area contributed by atoms with Crippen LogP contribution in [0.5, 0.6) is 0 Å². The number of nitrogens with zero attached hydrogens (tertiary/aromatic N) is 1. The van der Waals surface area contributed by atoms with Crippen LogP contribution >= 0.6 is 0 Å². The van der Waals surface area contributed by atoms with E-state index in [1.165, 1.54) is 24.3 Å². The minimum Gasteiger partial charge on any atom is -0.341 e. The highest BCUT2D eigenvalue weighted by atomic mass is 19.1. The van der Waals surface area contributed by atoms with Crippen molar-refractivity contribution < 1.29 is 8.78 Å². The Bertz CT molecular complexity index is 584. The van der Waals surface area contributed by atoms with Gasteiger partial charge in [0.2, 0.25) is 0 Å². The molecule has 4 heteroatoms. The van der Waals surface area contributed by atoms with Crippen molar-refractivity contribution in [3.05, 3.63) is 59.7 Å². The van der Waals surface area contributed by atoms with Crippen molar-refractivity contribution in [3.63, 3.8) is 0 Å². The molecule has 0 bridgehead atoms. The Labute approximate surface area is 118 Å². The van der Waals surface area contributed by atoms with Crippen LogP contribution in [0.25, 0.3) is 0 Å². The van der Waals surface area contributed by atoms with E-state index < -0.39 is 0 Å². The second-order valence-corrected chi connectivity index (χ2v) is 4.53. The van der Waals surface area contributed by atoms with Crippen molar-refractivity contribution in [2.24, 2.45) is 0 Å². The van der Waals surface area contributed by atoms with Crippen LogP contribution in [-0.2, 0) is 6.54 Å². The van der Waals surface area contributed by atoms with Gasteiger partial charge in [-0.1, -0.05) is 6.07 Å². The number of anilines is 2. The van der Waals surface area contributed by atoms with E-state index in [1.807, 2.05) is 24.9 Å². The molecule has 106 valence electrons. The van der Waals surface area contributed by atoms with E-state index in [0.29, 0.717) is 13.1 Å². The standard InChI is InChI=1S/C16H18F2N2/c1-3-20(15-6-4-5-13(17)10-15)16-8-7-14(18)9-12(16)11-19-2/h4-10,19H,3,11H2,1-2H3. The molecule has 0 unspecified atom stereocenters. The largest absolute Gasteiger partial charge is 0.341 e. The third-order valence-corrected chi connectivity index (χ3v) is 3.14. The van der Waals surface area contributed by atoms with E-state index >= 15 is 0 Å². The molecule has 0 amide bonds. The fourth-order valence-corrected chi connectivity index (χ4v) is 2.29. The van der Waals surface area contributed by atoms with Gasteiger partial charge in [0.05, 0.1) is 0 Å². The minimum atomic E-state index is -0.279. The first-order valence-corrected chi connectivity index (χ1v) is 6.62. The van der Waals surface area contributed by atoms with E-state index in [4.69, 9.17) is 0 Å². The molecule has 0 aromatic heterocycles. The lowest BCUT2D eigenvalue weighted by atomic mass is 10.1. The van der Waals surface area contributed by atoms with Gasteiger partial charge in [-0.05, 0) is 55.9 Å². The van der Waals surface area contributed by atoms with Gasteiger partial charge in [0.15, 0.2) is 0 Å². The molecular formula is C16H18F2N2. The molecule has 0 aliphatic rings. The third-order valence-electron chi connectivity index (χ3n) is 3.14. The van der Waals surface area contributed by atoms with Crippen LogP contribution in [0.2, 0.25) is 0 Å². The van der Waals surface area contributed by atoms with E-state index in [2.05, 4.69) is 5.32 Å². The fraction of sp³-hybridized carbons (Fsp3) is 0.250.